The van der Waals surface area contributed by atoms with Crippen LogP contribution in [0.25, 0.3) is 0 Å². The standard InChI is InChI=1S/C40H68O5Si2/c1-16-19-34-32(5)36(45-47(14,15)40(9,10)11)28-37(43-34)35(44-46(12,13)39(6,7)8)22-17-20-29(2)26-31(4)27-30(3)24-25-33-21-18-23-38(41)42-33/h16-20,22-25,27,31-37H,21,26,28H2,1-15H3/b19-16+,22-17+,25-24+,29-20+,30-27-/t31-,32+,33-,34-,35+,36+,37-/m1/s1. The molecule has 2 aliphatic rings. The molecule has 1 saturated heterocycles. The summed E-state index contributed by atoms with van der Waals surface area (Å²) >= 11 is 0. The van der Waals surface area contributed by atoms with Gasteiger partial charge < -0.3 is 18.3 Å². The van der Waals surface area contributed by atoms with Gasteiger partial charge in [-0.1, -0.05) is 115 Å². The lowest BCUT2D eigenvalue weighted by molar-refractivity contribution is -0.141. The highest BCUT2D eigenvalue weighted by molar-refractivity contribution is 6.74. The Morgan fingerprint density at radius 2 is 1.68 bits per heavy atom. The molecule has 2 heterocycles. The van der Waals surface area contributed by atoms with Gasteiger partial charge in [0.15, 0.2) is 16.6 Å². The summed E-state index contributed by atoms with van der Waals surface area (Å²) in [5, 5.41) is 0.217. The second-order valence-corrected chi connectivity index (χ2v) is 26.5. The number of rotatable bonds is 13. The zero-order valence-corrected chi connectivity index (χ0v) is 34.5. The van der Waals surface area contributed by atoms with Crippen molar-refractivity contribution in [3.05, 3.63) is 71.9 Å². The first-order valence-corrected chi connectivity index (χ1v) is 23.6. The van der Waals surface area contributed by atoms with E-state index in [0.29, 0.717) is 5.92 Å². The van der Waals surface area contributed by atoms with Crippen LogP contribution in [-0.4, -0.2) is 53.1 Å². The van der Waals surface area contributed by atoms with Crippen LogP contribution in [0.4, 0.5) is 0 Å². The van der Waals surface area contributed by atoms with Crippen molar-refractivity contribution in [2.75, 3.05) is 0 Å². The Kier molecular flexibility index (Phi) is 15.2. The third-order valence-corrected chi connectivity index (χ3v) is 19.5. The SMILES string of the molecule is C/C=C/[C@H]1O[C@@H]([C@H](/C=C/C=C(\C)C[C@@H](C)/C=C(C)\C=C\[C@H]2CC=CC(=O)O2)O[Si](C)(C)C(C)(C)C)C[C@H](O[Si](C)(C)C(C)(C)C)[C@H]1C. The quantitative estimate of drug-likeness (QED) is 0.0836. The zero-order chi connectivity index (χ0) is 35.8. The third kappa shape index (κ3) is 12.9. The number of cyclic esters (lactones) is 1. The summed E-state index contributed by atoms with van der Waals surface area (Å²) < 4.78 is 26.4. The first-order valence-electron chi connectivity index (χ1n) is 17.8. The predicted octanol–water partition coefficient (Wildman–Crippen LogP) is 11.0. The lowest BCUT2D eigenvalue weighted by Crippen LogP contribution is -2.55. The van der Waals surface area contributed by atoms with Gasteiger partial charge in [-0.15, -0.1) is 0 Å². The van der Waals surface area contributed by atoms with Crippen LogP contribution in [0, 0.1) is 11.8 Å². The fraction of sp³-hybridized carbons (Fsp3) is 0.675. The number of carbonyl (C=O) groups excluding carboxylic acids is 1. The van der Waals surface area contributed by atoms with E-state index in [4.69, 9.17) is 18.3 Å². The average Bonchev–Trinajstić information content (AvgIpc) is 2.92. The van der Waals surface area contributed by atoms with Crippen molar-refractivity contribution in [2.24, 2.45) is 11.8 Å². The highest BCUT2D eigenvalue weighted by atomic mass is 28.4. The van der Waals surface area contributed by atoms with Crippen LogP contribution in [0.5, 0.6) is 0 Å². The van der Waals surface area contributed by atoms with E-state index in [-0.39, 0.29) is 52.5 Å². The van der Waals surface area contributed by atoms with Gasteiger partial charge in [0.1, 0.15) is 6.10 Å². The van der Waals surface area contributed by atoms with Crippen LogP contribution in [-0.2, 0) is 23.1 Å². The molecular weight excluding hydrogens is 617 g/mol. The van der Waals surface area contributed by atoms with Gasteiger partial charge in [-0.2, -0.15) is 0 Å². The number of allylic oxidation sites excluding steroid dienone is 7. The molecule has 2 rings (SSSR count). The number of hydrogen-bond acceptors (Lipinski definition) is 5. The highest BCUT2D eigenvalue weighted by Crippen LogP contribution is 2.43. The van der Waals surface area contributed by atoms with Crippen LogP contribution in [0.15, 0.2) is 71.9 Å². The van der Waals surface area contributed by atoms with E-state index in [1.165, 1.54) is 17.2 Å². The molecule has 47 heavy (non-hydrogen) atoms. The molecule has 0 spiro atoms. The summed E-state index contributed by atoms with van der Waals surface area (Å²) in [6, 6.07) is 0. The van der Waals surface area contributed by atoms with Crippen molar-refractivity contribution < 1.29 is 23.1 Å². The van der Waals surface area contributed by atoms with E-state index >= 15 is 0 Å². The maximum atomic E-state index is 11.5. The molecular formula is C40H68O5Si2. The molecule has 0 aromatic heterocycles. The fourth-order valence-corrected chi connectivity index (χ4v) is 8.19. The Morgan fingerprint density at radius 1 is 1.04 bits per heavy atom. The molecule has 0 radical (unpaired) electrons. The minimum atomic E-state index is -2.10. The van der Waals surface area contributed by atoms with E-state index in [2.05, 4.69) is 145 Å². The molecule has 0 aromatic rings. The Morgan fingerprint density at radius 3 is 2.26 bits per heavy atom. The topological polar surface area (TPSA) is 54.0 Å². The molecule has 5 nitrogen and oxygen atoms in total. The van der Waals surface area contributed by atoms with E-state index in [0.717, 1.165) is 19.3 Å². The second-order valence-electron chi connectivity index (χ2n) is 17.0. The van der Waals surface area contributed by atoms with Gasteiger partial charge >= 0.3 is 5.97 Å². The van der Waals surface area contributed by atoms with E-state index in [9.17, 15) is 4.79 Å². The van der Waals surface area contributed by atoms with Crippen LogP contribution in [0.2, 0.25) is 36.3 Å². The number of ether oxygens (including phenoxy) is 2. The number of esters is 1. The van der Waals surface area contributed by atoms with E-state index in [1.807, 2.05) is 12.2 Å². The van der Waals surface area contributed by atoms with E-state index < -0.39 is 16.6 Å². The molecule has 7 atom stereocenters. The molecule has 0 aliphatic carbocycles. The average molecular weight is 685 g/mol. The predicted molar refractivity (Wildman–Crippen MR) is 205 cm³/mol. The van der Waals surface area contributed by atoms with Gasteiger partial charge in [-0.05, 0) is 75.5 Å². The zero-order valence-electron chi connectivity index (χ0n) is 32.5. The van der Waals surface area contributed by atoms with Crippen LogP contribution in [0.3, 0.4) is 0 Å². The minimum absolute atomic E-state index is 0.0173. The normalized spacial score (nSPS) is 27.2. The maximum Gasteiger partial charge on any atom is 0.331 e. The van der Waals surface area contributed by atoms with Gasteiger partial charge in [0.2, 0.25) is 0 Å². The summed E-state index contributed by atoms with van der Waals surface area (Å²) in [5.74, 6) is 0.363. The van der Waals surface area contributed by atoms with Gasteiger partial charge in [-0.25, -0.2) is 4.79 Å². The van der Waals surface area contributed by atoms with Crippen LogP contribution < -0.4 is 0 Å². The van der Waals surface area contributed by atoms with Crippen molar-refractivity contribution in [3.8, 4) is 0 Å². The molecule has 1 fully saturated rings. The van der Waals surface area contributed by atoms with Crippen molar-refractivity contribution in [2.45, 2.75) is 162 Å². The van der Waals surface area contributed by atoms with Crippen LogP contribution in [0.1, 0.15) is 95.4 Å². The lowest BCUT2D eigenvalue weighted by atomic mass is 9.88. The molecule has 0 bridgehead atoms. The molecule has 0 unspecified atom stereocenters. The second kappa shape index (κ2) is 17.2. The lowest BCUT2D eigenvalue weighted by Gasteiger charge is -2.48. The molecule has 7 heteroatoms. The fourth-order valence-electron chi connectivity index (χ4n) is 5.51. The van der Waals surface area contributed by atoms with Gasteiger partial charge in [0.05, 0.1) is 24.4 Å². The van der Waals surface area contributed by atoms with Crippen molar-refractivity contribution >= 4 is 22.6 Å². The molecule has 0 saturated carbocycles. The van der Waals surface area contributed by atoms with Crippen molar-refractivity contribution in [3.63, 3.8) is 0 Å². The van der Waals surface area contributed by atoms with Gasteiger partial charge in [-0.3, -0.25) is 0 Å². The summed E-state index contributed by atoms with van der Waals surface area (Å²) in [6.07, 6.45) is 22.8. The van der Waals surface area contributed by atoms with Gasteiger partial charge in [0, 0.05) is 24.8 Å². The molecule has 0 amide bonds. The Bertz CT molecular complexity index is 1210. The van der Waals surface area contributed by atoms with Crippen molar-refractivity contribution in [1.82, 2.24) is 0 Å². The highest BCUT2D eigenvalue weighted by Gasteiger charge is 2.47. The summed E-state index contributed by atoms with van der Waals surface area (Å²) in [7, 11) is -4.09. The number of carbonyl (C=O) groups is 1. The number of hydrogen-bond donors (Lipinski definition) is 0. The first kappa shape index (κ1) is 41.4. The van der Waals surface area contributed by atoms with Crippen LogP contribution >= 0.6 is 0 Å². The minimum Gasteiger partial charge on any atom is -0.455 e. The Hall–Kier alpha value is -1.78. The van der Waals surface area contributed by atoms with E-state index in [1.54, 1.807) is 0 Å². The Balaban J connectivity index is 2.28. The Labute approximate surface area is 290 Å². The first-order chi connectivity index (χ1) is 21.6. The summed E-state index contributed by atoms with van der Waals surface area (Å²) in [4.78, 5) is 11.5. The molecule has 2 aliphatic heterocycles. The molecule has 0 aromatic carbocycles. The largest absolute Gasteiger partial charge is 0.455 e. The van der Waals surface area contributed by atoms with Crippen molar-refractivity contribution in [1.29, 1.82) is 0 Å². The van der Waals surface area contributed by atoms with Gasteiger partial charge in [0.25, 0.3) is 0 Å². The molecule has 0 N–H and O–H groups in total. The molecule has 266 valence electrons. The monoisotopic (exact) mass is 684 g/mol. The summed E-state index contributed by atoms with van der Waals surface area (Å²) in [5.41, 5.74) is 2.48. The smallest absolute Gasteiger partial charge is 0.331 e. The maximum absolute atomic E-state index is 11.5. The third-order valence-electron chi connectivity index (χ3n) is 10.5. The summed E-state index contributed by atoms with van der Waals surface area (Å²) in [6.45, 7) is 34.1.